The lowest BCUT2D eigenvalue weighted by Gasteiger charge is -2.32. The topological polar surface area (TPSA) is 44.1 Å². The summed E-state index contributed by atoms with van der Waals surface area (Å²) < 4.78 is 0. The summed E-state index contributed by atoms with van der Waals surface area (Å²) >= 11 is 0. The smallest absolute Gasteiger partial charge is 0.167 e. The van der Waals surface area contributed by atoms with Crippen molar-refractivity contribution in [1.29, 1.82) is 5.26 Å². The van der Waals surface area contributed by atoms with Crippen LogP contribution in [0, 0.1) is 23.2 Å². The predicted octanol–water partition coefficient (Wildman–Crippen LogP) is 3.88. The Kier molecular flexibility index (Phi) is 4.55. The van der Waals surface area contributed by atoms with E-state index in [9.17, 15) is 4.79 Å². The molecule has 3 nitrogen and oxygen atoms in total. The van der Waals surface area contributed by atoms with Gasteiger partial charge in [-0.2, -0.15) is 5.26 Å². The van der Waals surface area contributed by atoms with E-state index in [4.69, 9.17) is 5.26 Å². The second-order valence-electron chi connectivity index (χ2n) is 7.71. The zero-order chi connectivity index (χ0) is 17.2. The molecule has 4 aliphatic rings. The number of allylic oxidation sites excluding steroid dienone is 10. The van der Waals surface area contributed by atoms with E-state index in [1.807, 2.05) is 36.5 Å². The summed E-state index contributed by atoms with van der Waals surface area (Å²) in [4.78, 5) is 15.6. The van der Waals surface area contributed by atoms with Gasteiger partial charge in [-0.1, -0.05) is 18.2 Å². The molecule has 1 aliphatic heterocycles. The first-order chi connectivity index (χ1) is 12.2. The number of hydrogen-bond donors (Lipinski definition) is 0. The Hall–Kier alpha value is -2.18. The van der Waals surface area contributed by atoms with Crippen LogP contribution >= 0.6 is 0 Å². The molecule has 2 fully saturated rings. The number of ketones is 1. The summed E-state index contributed by atoms with van der Waals surface area (Å²) in [6, 6.07) is 2.20. The van der Waals surface area contributed by atoms with E-state index in [2.05, 4.69) is 11.0 Å². The Morgan fingerprint density at radius 1 is 1.16 bits per heavy atom. The highest BCUT2D eigenvalue weighted by molar-refractivity contribution is 6.00. The van der Waals surface area contributed by atoms with Crippen molar-refractivity contribution in [3.05, 3.63) is 58.7 Å². The molecule has 25 heavy (non-hydrogen) atoms. The SMILES string of the molecule is N#CC1=CC2=CC=C(C(=O)C3CCCN(CC4CC4)C3)C=C(C=C1)C2. The fourth-order valence-corrected chi connectivity index (χ4v) is 4.00. The van der Waals surface area contributed by atoms with Crippen molar-refractivity contribution in [2.45, 2.75) is 32.1 Å². The Bertz CT molecular complexity index is 768. The van der Waals surface area contributed by atoms with Crippen LogP contribution in [0.15, 0.2) is 58.7 Å². The minimum atomic E-state index is 0.128. The summed E-state index contributed by atoms with van der Waals surface area (Å²) in [5, 5.41) is 9.12. The minimum absolute atomic E-state index is 0.128. The number of rotatable bonds is 4. The zero-order valence-electron chi connectivity index (χ0n) is 14.6. The largest absolute Gasteiger partial charge is 0.302 e. The number of piperidine rings is 1. The second kappa shape index (κ2) is 6.98. The second-order valence-corrected chi connectivity index (χ2v) is 7.71. The molecule has 1 unspecified atom stereocenters. The van der Waals surface area contributed by atoms with E-state index in [1.54, 1.807) is 0 Å². The first-order valence-corrected chi connectivity index (χ1v) is 9.39. The Labute approximate surface area is 149 Å². The van der Waals surface area contributed by atoms with Crippen molar-refractivity contribution in [3.8, 4) is 6.07 Å². The standard InChI is InChI=1S/C22H24N2O/c23-13-19-6-5-18-10-17(11-19)7-8-20(12-18)22(25)21-2-1-9-24(15-21)14-16-3-4-16/h5-8,11-12,16,21H,1-4,9-10,14-15H2. The molecule has 1 saturated heterocycles. The highest BCUT2D eigenvalue weighted by atomic mass is 16.1. The maximum atomic E-state index is 13.1. The molecule has 2 bridgehead atoms. The molecule has 4 rings (SSSR count). The van der Waals surface area contributed by atoms with Crippen LogP contribution in [0.25, 0.3) is 0 Å². The van der Waals surface area contributed by atoms with Crippen molar-refractivity contribution in [2.75, 3.05) is 19.6 Å². The quantitative estimate of drug-likeness (QED) is 0.785. The van der Waals surface area contributed by atoms with Crippen LogP contribution in [0.3, 0.4) is 0 Å². The maximum Gasteiger partial charge on any atom is 0.167 e. The lowest BCUT2D eigenvalue weighted by atomic mass is 9.89. The summed E-state index contributed by atoms with van der Waals surface area (Å²) in [6.45, 7) is 3.24. The molecule has 3 aliphatic carbocycles. The van der Waals surface area contributed by atoms with E-state index in [1.165, 1.54) is 19.4 Å². The maximum absolute atomic E-state index is 13.1. The van der Waals surface area contributed by atoms with Gasteiger partial charge >= 0.3 is 0 Å². The van der Waals surface area contributed by atoms with E-state index in [0.29, 0.717) is 5.57 Å². The Morgan fingerprint density at radius 2 is 2.04 bits per heavy atom. The number of carbonyl (C=O) groups is 1. The molecule has 0 spiro atoms. The summed E-state index contributed by atoms with van der Waals surface area (Å²) in [7, 11) is 0. The summed E-state index contributed by atoms with van der Waals surface area (Å²) in [5.74, 6) is 1.30. The van der Waals surface area contributed by atoms with Crippen molar-refractivity contribution in [1.82, 2.24) is 4.90 Å². The minimum Gasteiger partial charge on any atom is -0.302 e. The van der Waals surface area contributed by atoms with Gasteiger partial charge in [0.05, 0.1) is 11.6 Å². The van der Waals surface area contributed by atoms with Gasteiger partial charge in [0.2, 0.25) is 0 Å². The zero-order valence-corrected chi connectivity index (χ0v) is 14.6. The van der Waals surface area contributed by atoms with Gasteiger partial charge < -0.3 is 4.90 Å². The van der Waals surface area contributed by atoms with Crippen LogP contribution in [-0.2, 0) is 4.79 Å². The van der Waals surface area contributed by atoms with E-state index in [0.717, 1.165) is 55.0 Å². The number of fused-ring (bicyclic) bond motifs is 2. The van der Waals surface area contributed by atoms with Gasteiger partial charge in [-0.25, -0.2) is 0 Å². The van der Waals surface area contributed by atoms with Gasteiger partial charge in [-0.3, -0.25) is 4.79 Å². The molecule has 128 valence electrons. The molecule has 0 N–H and O–H groups in total. The third kappa shape index (κ3) is 3.91. The molecule has 3 heteroatoms. The van der Waals surface area contributed by atoms with Gasteiger partial charge in [0.1, 0.15) is 0 Å². The number of hydrogen-bond acceptors (Lipinski definition) is 3. The van der Waals surface area contributed by atoms with Crippen LogP contribution in [-0.4, -0.2) is 30.3 Å². The fourth-order valence-electron chi connectivity index (χ4n) is 4.00. The van der Waals surface area contributed by atoms with Gasteiger partial charge in [0.15, 0.2) is 5.78 Å². The van der Waals surface area contributed by atoms with E-state index in [-0.39, 0.29) is 11.7 Å². The fraction of sp³-hybridized carbons (Fsp3) is 0.455. The van der Waals surface area contributed by atoms with Crippen molar-refractivity contribution >= 4 is 5.78 Å². The van der Waals surface area contributed by atoms with Crippen LogP contribution in [0.5, 0.6) is 0 Å². The number of carbonyl (C=O) groups excluding carboxylic acids is 1. The van der Waals surface area contributed by atoms with Crippen molar-refractivity contribution in [3.63, 3.8) is 0 Å². The van der Waals surface area contributed by atoms with Crippen molar-refractivity contribution < 1.29 is 4.79 Å². The monoisotopic (exact) mass is 332 g/mol. The van der Waals surface area contributed by atoms with Gasteiger partial charge in [0, 0.05) is 24.6 Å². The van der Waals surface area contributed by atoms with E-state index >= 15 is 0 Å². The normalized spacial score (nSPS) is 26.4. The molecule has 1 saturated carbocycles. The molecular formula is C22H24N2O. The average Bonchev–Trinajstić information content (AvgIpc) is 3.47. The lowest BCUT2D eigenvalue weighted by molar-refractivity contribution is -0.120. The third-order valence-corrected chi connectivity index (χ3v) is 5.55. The highest BCUT2D eigenvalue weighted by Gasteiger charge is 2.31. The summed E-state index contributed by atoms with van der Waals surface area (Å²) in [6.07, 6.45) is 17.4. The van der Waals surface area contributed by atoms with Crippen LogP contribution in [0.2, 0.25) is 0 Å². The van der Waals surface area contributed by atoms with Crippen LogP contribution in [0.1, 0.15) is 32.1 Å². The predicted molar refractivity (Wildman–Crippen MR) is 98.6 cm³/mol. The molecule has 1 heterocycles. The van der Waals surface area contributed by atoms with E-state index < -0.39 is 0 Å². The number of nitrogens with zero attached hydrogens (tertiary/aromatic N) is 2. The van der Waals surface area contributed by atoms with Gasteiger partial charge in [-0.05, 0) is 73.9 Å². The number of nitriles is 1. The molecule has 0 amide bonds. The molecule has 0 aromatic heterocycles. The molecule has 0 aromatic carbocycles. The number of likely N-dealkylation sites (tertiary alicyclic amines) is 1. The number of Topliss-reactive ketones (excluding diaryl/α,β-unsaturated/α-hetero) is 1. The Morgan fingerprint density at radius 3 is 2.84 bits per heavy atom. The highest BCUT2D eigenvalue weighted by Crippen LogP contribution is 2.32. The van der Waals surface area contributed by atoms with Crippen molar-refractivity contribution in [2.24, 2.45) is 11.8 Å². The first kappa shape index (κ1) is 16.3. The van der Waals surface area contributed by atoms with Gasteiger partial charge in [0.25, 0.3) is 0 Å². The summed E-state index contributed by atoms with van der Waals surface area (Å²) in [5.41, 5.74) is 3.69. The first-order valence-electron chi connectivity index (χ1n) is 9.39. The molecule has 1 atom stereocenters. The molecular weight excluding hydrogens is 308 g/mol. The lowest BCUT2D eigenvalue weighted by Crippen LogP contribution is -2.40. The third-order valence-electron chi connectivity index (χ3n) is 5.55. The molecule has 0 radical (unpaired) electrons. The Balaban J connectivity index is 1.51. The van der Waals surface area contributed by atoms with Crippen LogP contribution in [0.4, 0.5) is 0 Å². The van der Waals surface area contributed by atoms with Gasteiger partial charge in [-0.15, -0.1) is 0 Å². The average molecular weight is 332 g/mol. The van der Waals surface area contributed by atoms with Crippen LogP contribution < -0.4 is 0 Å². The molecule has 0 aromatic rings.